The lowest BCUT2D eigenvalue weighted by Gasteiger charge is -2.35. The molecule has 0 aromatic carbocycles. The third kappa shape index (κ3) is 4.70. The smallest absolute Gasteiger partial charge is 0.134 e. The van der Waals surface area contributed by atoms with Crippen molar-refractivity contribution in [2.24, 2.45) is 0 Å². The molecule has 1 aliphatic rings. The van der Waals surface area contributed by atoms with Gasteiger partial charge in [0.2, 0.25) is 0 Å². The Hall–Kier alpha value is 0.370. The Bertz CT molecular complexity index is 210. The zero-order chi connectivity index (χ0) is 11.9. The molecule has 16 heavy (non-hydrogen) atoms. The van der Waals surface area contributed by atoms with Crippen molar-refractivity contribution in [3.05, 3.63) is 0 Å². The summed E-state index contributed by atoms with van der Waals surface area (Å²) in [6.07, 6.45) is 7.90. The third-order valence-electron chi connectivity index (χ3n) is 3.04. The van der Waals surface area contributed by atoms with Crippen molar-refractivity contribution in [3.63, 3.8) is 0 Å². The predicted molar refractivity (Wildman–Crippen MR) is 76.3 cm³/mol. The Morgan fingerprint density at radius 3 is 2.44 bits per heavy atom. The number of carbonyl (C=O) groups is 1. The maximum atomic E-state index is 11.7. The van der Waals surface area contributed by atoms with E-state index in [1.54, 1.807) is 0 Å². The van der Waals surface area contributed by atoms with E-state index in [0.717, 1.165) is 6.42 Å². The first-order valence-electron chi connectivity index (χ1n) is 6.52. The molecule has 0 bridgehead atoms. The van der Waals surface area contributed by atoms with Crippen molar-refractivity contribution in [1.29, 1.82) is 0 Å². The Morgan fingerprint density at radius 2 is 1.88 bits per heavy atom. The van der Waals surface area contributed by atoms with Crippen LogP contribution in [0.3, 0.4) is 0 Å². The maximum Gasteiger partial charge on any atom is 0.134 e. The Kier molecular flexibility index (Phi) is 6.90. The van der Waals surface area contributed by atoms with E-state index in [1.807, 2.05) is 30.4 Å². The molecule has 0 aromatic rings. The zero-order valence-corrected chi connectivity index (χ0v) is 12.2. The summed E-state index contributed by atoms with van der Waals surface area (Å²) in [5, 5.41) is 0. The van der Waals surface area contributed by atoms with Gasteiger partial charge in [-0.05, 0) is 24.3 Å². The molecule has 0 saturated carbocycles. The van der Waals surface area contributed by atoms with Crippen LogP contribution in [0.1, 0.15) is 58.8 Å². The van der Waals surface area contributed by atoms with Gasteiger partial charge in [-0.15, -0.1) is 23.5 Å². The van der Waals surface area contributed by atoms with Gasteiger partial charge in [-0.25, -0.2) is 0 Å². The van der Waals surface area contributed by atoms with Crippen LogP contribution >= 0.6 is 23.5 Å². The molecule has 0 spiro atoms. The summed E-state index contributed by atoms with van der Waals surface area (Å²) in [5.41, 5.74) is 0. The highest BCUT2D eigenvalue weighted by atomic mass is 32.2. The number of ketones is 1. The van der Waals surface area contributed by atoms with Crippen LogP contribution in [0, 0.1) is 0 Å². The Morgan fingerprint density at radius 1 is 1.19 bits per heavy atom. The minimum Gasteiger partial charge on any atom is -0.300 e. The summed E-state index contributed by atoms with van der Waals surface area (Å²) in [6.45, 7) is 4.23. The first-order chi connectivity index (χ1) is 7.72. The molecule has 1 heterocycles. The molecule has 0 amide bonds. The number of thioether (sulfide) groups is 2. The van der Waals surface area contributed by atoms with E-state index in [9.17, 15) is 4.79 Å². The van der Waals surface area contributed by atoms with Crippen molar-refractivity contribution in [2.75, 3.05) is 11.5 Å². The SMILES string of the molecule is CCCCCC1(CC(=O)CC)SCCCS1. The van der Waals surface area contributed by atoms with Crippen molar-refractivity contribution in [2.45, 2.75) is 62.9 Å². The van der Waals surface area contributed by atoms with Crippen LogP contribution < -0.4 is 0 Å². The molecule has 0 atom stereocenters. The number of unbranched alkanes of at least 4 members (excludes halogenated alkanes) is 2. The molecule has 0 N–H and O–H groups in total. The van der Waals surface area contributed by atoms with Gasteiger partial charge < -0.3 is 0 Å². The lowest BCUT2D eigenvalue weighted by atomic mass is 10.1. The van der Waals surface area contributed by atoms with Crippen molar-refractivity contribution >= 4 is 29.3 Å². The predicted octanol–water partition coefficient (Wildman–Crippen LogP) is 4.50. The standard InChI is InChI=1S/C13H24OS2/c1-3-5-6-8-13(11-12(14)4-2)15-9-7-10-16-13/h3-11H2,1-2H3. The molecule has 1 saturated heterocycles. The number of hydrogen-bond acceptors (Lipinski definition) is 3. The summed E-state index contributed by atoms with van der Waals surface area (Å²) in [7, 11) is 0. The fourth-order valence-corrected chi connectivity index (χ4v) is 5.46. The lowest BCUT2D eigenvalue weighted by Crippen LogP contribution is -2.28. The van der Waals surface area contributed by atoms with Crippen LogP contribution in [0.5, 0.6) is 0 Å². The van der Waals surface area contributed by atoms with Gasteiger partial charge in [-0.3, -0.25) is 4.79 Å². The van der Waals surface area contributed by atoms with E-state index in [-0.39, 0.29) is 4.08 Å². The largest absolute Gasteiger partial charge is 0.300 e. The van der Waals surface area contributed by atoms with Gasteiger partial charge in [-0.2, -0.15) is 0 Å². The van der Waals surface area contributed by atoms with E-state index in [2.05, 4.69) is 6.92 Å². The second-order valence-corrected chi connectivity index (χ2v) is 7.70. The molecule has 0 unspecified atom stereocenters. The minimum absolute atomic E-state index is 0.237. The number of hydrogen-bond donors (Lipinski definition) is 0. The average Bonchev–Trinajstić information content (AvgIpc) is 2.30. The molecule has 0 aromatic heterocycles. The molecule has 3 heteroatoms. The molecule has 1 aliphatic heterocycles. The van der Waals surface area contributed by atoms with E-state index in [0.29, 0.717) is 12.2 Å². The summed E-state index contributed by atoms with van der Waals surface area (Å²) in [4.78, 5) is 11.7. The topological polar surface area (TPSA) is 17.1 Å². The van der Waals surface area contributed by atoms with Crippen LogP contribution in [0.2, 0.25) is 0 Å². The van der Waals surface area contributed by atoms with Gasteiger partial charge in [0.1, 0.15) is 5.78 Å². The molecular formula is C13H24OS2. The van der Waals surface area contributed by atoms with Crippen LogP contribution in [0.15, 0.2) is 0 Å². The molecule has 0 radical (unpaired) electrons. The molecule has 1 rings (SSSR count). The second kappa shape index (κ2) is 7.65. The minimum atomic E-state index is 0.237. The van der Waals surface area contributed by atoms with Gasteiger partial charge in [0.15, 0.2) is 0 Å². The lowest BCUT2D eigenvalue weighted by molar-refractivity contribution is -0.118. The summed E-state index contributed by atoms with van der Waals surface area (Å²) in [5.74, 6) is 2.94. The first kappa shape index (κ1) is 14.4. The fourth-order valence-electron chi connectivity index (χ4n) is 2.02. The van der Waals surface area contributed by atoms with Crippen LogP contribution in [-0.4, -0.2) is 21.4 Å². The average molecular weight is 260 g/mol. The number of Topliss-reactive ketones (excluding diaryl/α,β-unsaturated/α-hetero) is 1. The van der Waals surface area contributed by atoms with Gasteiger partial charge in [0, 0.05) is 12.8 Å². The van der Waals surface area contributed by atoms with Crippen LogP contribution in [0.25, 0.3) is 0 Å². The van der Waals surface area contributed by atoms with Crippen molar-refractivity contribution in [1.82, 2.24) is 0 Å². The molecule has 1 fully saturated rings. The monoisotopic (exact) mass is 260 g/mol. The molecule has 1 nitrogen and oxygen atoms in total. The van der Waals surface area contributed by atoms with E-state index in [4.69, 9.17) is 0 Å². The van der Waals surface area contributed by atoms with Crippen LogP contribution in [0.4, 0.5) is 0 Å². The first-order valence-corrected chi connectivity index (χ1v) is 8.49. The van der Waals surface area contributed by atoms with Crippen molar-refractivity contribution < 1.29 is 4.79 Å². The molecule has 0 aliphatic carbocycles. The molecule has 94 valence electrons. The third-order valence-corrected chi connectivity index (χ3v) is 6.48. The van der Waals surface area contributed by atoms with E-state index < -0.39 is 0 Å². The highest BCUT2D eigenvalue weighted by Gasteiger charge is 2.34. The quantitative estimate of drug-likeness (QED) is 0.627. The summed E-state index contributed by atoms with van der Waals surface area (Å²) >= 11 is 4.09. The maximum absolute atomic E-state index is 11.7. The van der Waals surface area contributed by atoms with E-state index >= 15 is 0 Å². The fraction of sp³-hybridized carbons (Fsp3) is 0.923. The Labute approximate surface area is 109 Å². The number of rotatable bonds is 7. The van der Waals surface area contributed by atoms with Gasteiger partial charge >= 0.3 is 0 Å². The Balaban J connectivity index is 2.49. The highest BCUT2D eigenvalue weighted by Crippen LogP contribution is 2.48. The number of carbonyl (C=O) groups excluding carboxylic acids is 1. The highest BCUT2D eigenvalue weighted by molar-refractivity contribution is 8.18. The summed E-state index contributed by atoms with van der Waals surface area (Å²) in [6, 6.07) is 0. The van der Waals surface area contributed by atoms with E-state index in [1.165, 1.54) is 43.6 Å². The van der Waals surface area contributed by atoms with Gasteiger partial charge in [-0.1, -0.05) is 33.1 Å². The zero-order valence-electron chi connectivity index (χ0n) is 10.6. The van der Waals surface area contributed by atoms with Gasteiger partial charge in [0.05, 0.1) is 4.08 Å². The molecular weight excluding hydrogens is 236 g/mol. The van der Waals surface area contributed by atoms with Crippen molar-refractivity contribution in [3.8, 4) is 0 Å². The normalized spacial score (nSPS) is 19.6. The summed E-state index contributed by atoms with van der Waals surface area (Å²) < 4.78 is 0.237. The second-order valence-electron chi connectivity index (χ2n) is 4.49. The van der Waals surface area contributed by atoms with Crippen LogP contribution in [-0.2, 0) is 4.79 Å². The van der Waals surface area contributed by atoms with Gasteiger partial charge in [0.25, 0.3) is 0 Å².